The lowest BCUT2D eigenvalue weighted by atomic mass is 10.1. The fourth-order valence-electron chi connectivity index (χ4n) is 2.85. The molecule has 0 bridgehead atoms. The predicted molar refractivity (Wildman–Crippen MR) is 91.5 cm³/mol. The molecule has 1 aliphatic heterocycles. The zero-order valence-electron chi connectivity index (χ0n) is 13.2. The number of hydrogen-bond acceptors (Lipinski definition) is 4. The van der Waals surface area contributed by atoms with Gasteiger partial charge >= 0.3 is 0 Å². The van der Waals surface area contributed by atoms with Crippen molar-refractivity contribution in [3.8, 4) is 5.75 Å². The van der Waals surface area contributed by atoms with Gasteiger partial charge in [0.05, 0.1) is 24.1 Å². The maximum absolute atomic E-state index is 12.7. The van der Waals surface area contributed by atoms with E-state index in [1.807, 2.05) is 12.1 Å². The summed E-state index contributed by atoms with van der Waals surface area (Å²) in [6.45, 7) is 0.708. The molecule has 0 aliphatic carbocycles. The first-order valence-electron chi connectivity index (χ1n) is 7.51. The zero-order chi connectivity index (χ0) is 17.3. The Hall–Kier alpha value is -2.54. The van der Waals surface area contributed by atoms with Crippen molar-refractivity contribution in [1.29, 1.82) is 0 Å². The minimum atomic E-state index is -3.44. The number of carbonyl (C=O) groups excluding carboxylic acids is 1. The lowest BCUT2D eigenvalue weighted by molar-refractivity contribution is 0.0749. The molecule has 0 atom stereocenters. The van der Waals surface area contributed by atoms with Crippen LogP contribution in [0.3, 0.4) is 0 Å². The number of fused-ring (bicyclic) bond motifs is 1. The van der Waals surface area contributed by atoms with Gasteiger partial charge in [-0.2, -0.15) is 0 Å². The summed E-state index contributed by atoms with van der Waals surface area (Å²) in [5, 5.41) is 9.90. The van der Waals surface area contributed by atoms with E-state index in [1.165, 1.54) is 10.4 Å². The zero-order valence-corrected chi connectivity index (χ0v) is 14.0. The molecule has 6 nitrogen and oxygen atoms in total. The van der Waals surface area contributed by atoms with Crippen LogP contribution in [-0.2, 0) is 16.6 Å². The number of amides is 1. The van der Waals surface area contributed by atoms with Crippen LogP contribution < -0.4 is 4.31 Å². The van der Waals surface area contributed by atoms with E-state index < -0.39 is 10.0 Å². The summed E-state index contributed by atoms with van der Waals surface area (Å²) in [5.41, 5.74) is 1.56. The van der Waals surface area contributed by atoms with Crippen LogP contribution in [0, 0.1) is 0 Å². The lowest BCUT2D eigenvalue weighted by Gasteiger charge is -2.22. The van der Waals surface area contributed by atoms with Gasteiger partial charge in [0.2, 0.25) is 10.0 Å². The summed E-state index contributed by atoms with van der Waals surface area (Å²) in [6, 6.07) is 13.5. The van der Waals surface area contributed by atoms with Crippen LogP contribution in [0.25, 0.3) is 0 Å². The number of sulfonamides is 1. The first-order chi connectivity index (χ1) is 11.4. The first kappa shape index (κ1) is 16.3. The lowest BCUT2D eigenvalue weighted by Crippen LogP contribution is -2.37. The Bertz CT molecular complexity index is 880. The van der Waals surface area contributed by atoms with Crippen molar-refractivity contribution in [3.63, 3.8) is 0 Å². The number of para-hydroxylation sites is 2. The number of phenolic OH excluding ortho intramolecular Hbond substituents is 1. The van der Waals surface area contributed by atoms with E-state index in [0.29, 0.717) is 5.69 Å². The highest BCUT2D eigenvalue weighted by molar-refractivity contribution is 7.92. The summed E-state index contributed by atoms with van der Waals surface area (Å²) in [6.07, 6.45) is 1.16. The van der Waals surface area contributed by atoms with E-state index in [1.54, 1.807) is 35.2 Å². The van der Waals surface area contributed by atoms with Gasteiger partial charge < -0.3 is 10.0 Å². The van der Waals surface area contributed by atoms with Gasteiger partial charge in [-0.05, 0) is 23.8 Å². The molecule has 0 saturated carbocycles. The van der Waals surface area contributed by atoms with Crippen LogP contribution in [0.1, 0.15) is 15.9 Å². The van der Waals surface area contributed by atoms with Crippen LogP contribution >= 0.6 is 0 Å². The minimum Gasteiger partial charge on any atom is -0.507 e. The third-order valence-corrected chi connectivity index (χ3v) is 5.20. The van der Waals surface area contributed by atoms with Gasteiger partial charge in [0.25, 0.3) is 5.91 Å². The van der Waals surface area contributed by atoms with Gasteiger partial charge in [-0.15, -0.1) is 0 Å². The SMILES string of the molecule is CS(=O)(=O)N1CCN(C(=O)c2ccccc2O)Cc2ccccc21. The Morgan fingerprint density at radius 1 is 1.04 bits per heavy atom. The number of anilines is 1. The summed E-state index contributed by atoms with van der Waals surface area (Å²) >= 11 is 0. The molecule has 0 fully saturated rings. The molecular formula is C17H18N2O4S. The van der Waals surface area contributed by atoms with E-state index in [2.05, 4.69) is 0 Å². The predicted octanol–water partition coefficient (Wildman–Crippen LogP) is 1.81. The van der Waals surface area contributed by atoms with Crippen LogP contribution in [-0.4, -0.2) is 43.7 Å². The van der Waals surface area contributed by atoms with Crippen LogP contribution in [0.4, 0.5) is 5.69 Å². The van der Waals surface area contributed by atoms with Crippen molar-refractivity contribution in [2.24, 2.45) is 0 Å². The molecule has 0 aromatic heterocycles. The Morgan fingerprint density at radius 3 is 2.42 bits per heavy atom. The Balaban J connectivity index is 1.98. The monoisotopic (exact) mass is 346 g/mol. The molecule has 1 aliphatic rings. The molecule has 24 heavy (non-hydrogen) atoms. The van der Waals surface area contributed by atoms with Gasteiger partial charge in [0.15, 0.2) is 0 Å². The van der Waals surface area contributed by atoms with Crippen molar-refractivity contribution in [1.82, 2.24) is 4.90 Å². The van der Waals surface area contributed by atoms with Crippen LogP contribution in [0.15, 0.2) is 48.5 Å². The van der Waals surface area contributed by atoms with E-state index >= 15 is 0 Å². The van der Waals surface area contributed by atoms with E-state index in [0.717, 1.165) is 11.8 Å². The molecular weight excluding hydrogens is 328 g/mol. The molecule has 2 aromatic carbocycles. The highest BCUT2D eigenvalue weighted by Gasteiger charge is 2.28. The van der Waals surface area contributed by atoms with Crippen LogP contribution in [0.2, 0.25) is 0 Å². The number of hydrogen-bond donors (Lipinski definition) is 1. The van der Waals surface area contributed by atoms with Crippen molar-refractivity contribution >= 4 is 21.6 Å². The number of rotatable bonds is 2. The second-order valence-corrected chi connectivity index (χ2v) is 7.61. The topological polar surface area (TPSA) is 77.9 Å². The second-order valence-electron chi connectivity index (χ2n) is 5.71. The van der Waals surface area contributed by atoms with Crippen molar-refractivity contribution in [3.05, 3.63) is 59.7 Å². The standard InChI is InChI=1S/C17H18N2O4S/c1-24(22,23)19-11-10-18(12-13-6-2-4-8-15(13)19)17(21)14-7-3-5-9-16(14)20/h2-9,20H,10-12H2,1H3. The van der Waals surface area contributed by atoms with Crippen molar-refractivity contribution < 1.29 is 18.3 Å². The smallest absolute Gasteiger partial charge is 0.257 e. The largest absolute Gasteiger partial charge is 0.507 e. The van der Waals surface area contributed by atoms with E-state index in [4.69, 9.17) is 0 Å². The summed E-state index contributed by atoms with van der Waals surface area (Å²) < 4.78 is 25.5. The summed E-state index contributed by atoms with van der Waals surface area (Å²) in [4.78, 5) is 14.3. The van der Waals surface area contributed by atoms with Gasteiger partial charge in [0, 0.05) is 13.1 Å². The number of carbonyl (C=O) groups is 1. The molecule has 126 valence electrons. The molecule has 7 heteroatoms. The molecule has 2 aromatic rings. The third-order valence-electron chi connectivity index (χ3n) is 4.02. The Morgan fingerprint density at radius 2 is 1.71 bits per heavy atom. The second kappa shape index (κ2) is 6.16. The Labute approximate surface area is 141 Å². The maximum atomic E-state index is 12.7. The number of nitrogens with zero attached hydrogens (tertiary/aromatic N) is 2. The average molecular weight is 346 g/mol. The van der Waals surface area contributed by atoms with Gasteiger partial charge in [-0.3, -0.25) is 9.10 Å². The molecule has 0 spiro atoms. The number of benzene rings is 2. The molecule has 1 N–H and O–H groups in total. The van der Waals surface area contributed by atoms with Crippen molar-refractivity contribution in [2.75, 3.05) is 23.7 Å². The average Bonchev–Trinajstić information content (AvgIpc) is 2.74. The summed E-state index contributed by atoms with van der Waals surface area (Å²) in [7, 11) is -3.44. The van der Waals surface area contributed by atoms with E-state index in [9.17, 15) is 18.3 Å². The van der Waals surface area contributed by atoms with Crippen molar-refractivity contribution in [2.45, 2.75) is 6.54 Å². The fourth-order valence-corrected chi connectivity index (χ4v) is 3.80. The van der Waals surface area contributed by atoms with Gasteiger partial charge in [0.1, 0.15) is 5.75 Å². The summed E-state index contributed by atoms with van der Waals surface area (Å²) in [5.74, 6) is -0.404. The first-order valence-corrected chi connectivity index (χ1v) is 9.35. The van der Waals surface area contributed by atoms with Gasteiger partial charge in [-0.25, -0.2) is 8.42 Å². The highest BCUT2D eigenvalue weighted by Crippen LogP contribution is 2.28. The molecule has 0 radical (unpaired) electrons. The van der Waals surface area contributed by atoms with Gasteiger partial charge in [-0.1, -0.05) is 30.3 Å². The molecule has 0 saturated heterocycles. The molecule has 1 heterocycles. The molecule has 3 rings (SSSR count). The van der Waals surface area contributed by atoms with E-state index in [-0.39, 0.29) is 36.9 Å². The highest BCUT2D eigenvalue weighted by atomic mass is 32.2. The normalized spacial score (nSPS) is 14.9. The Kier molecular flexibility index (Phi) is 4.19. The number of aromatic hydroxyl groups is 1. The van der Waals surface area contributed by atoms with Crippen LogP contribution in [0.5, 0.6) is 5.75 Å². The number of phenols is 1. The molecule has 0 unspecified atom stereocenters. The quantitative estimate of drug-likeness (QED) is 0.900. The third kappa shape index (κ3) is 3.07. The fraction of sp³-hybridized carbons (Fsp3) is 0.235. The minimum absolute atomic E-state index is 0.0833. The molecule has 1 amide bonds. The maximum Gasteiger partial charge on any atom is 0.257 e.